The zero-order chi connectivity index (χ0) is 15.5. The molecule has 112 valence electrons. The summed E-state index contributed by atoms with van der Waals surface area (Å²) in [6, 6.07) is 11.2. The monoisotopic (exact) mass is 298 g/mol. The Morgan fingerprint density at radius 3 is 2.86 bits per heavy atom. The number of rotatable bonds is 4. The predicted octanol–water partition coefficient (Wildman–Crippen LogP) is 3.52. The zero-order valence-corrected chi connectivity index (χ0v) is 12.1. The lowest BCUT2D eigenvalue weighted by Crippen LogP contribution is -2.10. The summed E-state index contributed by atoms with van der Waals surface area (Å²) in [7, 11) is 0. The lowest BCUT2D eigenvalue weighted by Gasteiger charge is -2.11. The number of aromatic nitrogens is 2. The van der Waals surface area contributed by atoms with E-state index in [1.807, 2.05) is 6.92 Å². The number of halogens is 1. The fourth-order valence-electron chi connectivity index (χ4n) is 2.24. The molecule has 0 spiro atoms. The normalized spacial score (nSPS) is 10.8. The van der Waals surface area contributed by atoms with Crippen LogP contribution in [0.1, 0.15) is 13.3 Å². The number of aromatic amines is 1. The minimum Gasteiger partial charge on any atom is -0.493 e. The zero-order valence-electron chi connectivity index (χ0n) is 12.1. The molecule has 0 unspecified atom stereocenters. The van der Waals surface area contributed by atoms with Gasteiger partial charge in [0.05, 0.1) is 23.1 Å². The van der Waals surface area contributed by atoms with Crippen molar-refractivity contribution in [2.45, 2.75) is 13.3 Å². The molecule has 0 fully saturated rings. The fourth-order valence-corrected chi connectivity index (χ4v) is 2.24. The van der Waals surface area contributed by atoms with Gasteiger partial charge < -0.3 is 9.72 Å². The standard InChI is InChI=1S/C17H15FN2O2/c1-2-9-22-15-8-7-11(18)10-13(15)16-19-14-6-4-3-5-12(14)17(21)20-16/h3-8,10H,2,9H2,1H3,(H,19,20,21). The van der Waals surface area contributed by atoms with E-state index in [1.165, 1.54) is 12.1 Å². The first-order valence-corrected chi connectivity index (χ1v) is 7.11. The van der Waals surface area contributed by atoms with Crippen LogP contribution >= 0.6 is 0 Å². The third-order valence-electron chi connectivity index (χ3n) is 3.27. The third-order valence-corrected chi connectivity index (χ3v) is 3.27. The molecule has 5 heteroatoms. The highest BCUT2D eigenvalue weighted by Crippen LogP contribution is 2.28. The van der Waals surface area contributed by atoms with Crippen molar-refractivity contribution < 1.29 is 9.13 Å². The number of fused-ring (bicyclic) bond motifs is 1. The maximum Gasteiger partial charge on any atom is 0.259 e. The predicted molar refractivity (Wildman–Crippen MR) is 83.5 cm³/mol. The molecule has 0 amide bonds. The van der Waals surface area contributed by atoms with Crippen LogP contribution in [0.25, 0.3) is 22.3 Å². The Morgan fingerprint density at radius 1 is 1.23 bits per heavy atom. The van der Waals surface area contributed by atoms with Gasteiger partial charge in [-0.2, -0.15) is 0 Å². The van der Waals surface area contributed by atoms with E-state index < -0.39 is 5.82 Å². The second-order valence-corrected chi connectivity index (χ2v) is 4.92. The summed E-state index contributed by atoms with van der Waals surface area (Å²) in [5.74, 6) is 0.394. The van der Waals surface area contributed by atoms with Gasteiger partial charge in [0.25, 0.3) is 5.56 Å². The molecule has 0 saturated carbocycles. The number of para-hydroxylation sites is 1. The van der Waals surface area contributed by atoms with E-state index in [2.05, 4.69) is 9.97 Å². The summed E-state index contributed by atoms with van der Waals surface area (Å²) in [4.78, 5) is 19.3. The summed E-state index contributed by atoms with van der Waals surface area (Å²) in [5.41, 5.74) is 0.745. The fraction of sp³-hybridized carbons (Fsp3) is 0.176. The molecular weight excluding hydrogens is 283 g/mol. The van der Waals surface area contributed by atoms with Crippen LogP contribution in [0.4, 0.5) is 4.39 Å². The van der Waals surface area contributed by atoms with Gasteiger partial charge >= 0.3 is 0 Å². The van der Waals surface area contributed by atoms with E-state index in [1.54, 1.807) is 30.3 Å². The van der Waals surface area contributed by atoms with Gasteiger partial charge in [0, 0.05) is 0 Å². The number of benzene rings is 2. The molecule has 2 aromatic carbocycles. The van der Waals surface area contributed by atoms with E-state index in [0.717, 1.165) is 6.42 Å². The van der Waals surface area contributed by atoms with E-state index in [-0.39, 0.29) is 5.56 Å². The maximum atomic E-state index is 13.6. The Balaban J connectivity index is 2.18. The van der Waals surface area contributed by atoms with Gasteiger partial charge in [-0.15, -0.1) is 0 Å². The first kappa shape index (κ1) is 14.3. The Kier molecular flexibility index (Phi) is 3.87. The van der Waals surface area contributed by atoms with Crippen LogP contribution in [0.5, 0.6) is 5.75 Å². The Bertz CT molecular complexity index is 874. The largest absolute Gasteiger partial charge is 0.493 e. The smallest absolute Gasteiger partial charge is 0.259 e. The molecule has 0 bridgehead atoms. The Labute approximate surface area is 126 Å². The molecule has 0 radical (unpaired) electrons. The van der Waals surface area contributed by atoms with Crippen molar-refractivity contribution in [3.05, 3.63) is 58.6 Å². The number of ether oxygens (including phenoxy) is 1. The van der Waals surface area contributed by atoms with E-state index >= 15 is 0 Å². The molecule has 0 aliphatic heterocycles. The summed E-state index contributed by atoms with van der Waals surface area (Å²) in [5, 5.41) is 0.499. The van der Waals surface area contributed by atoms with Crippen LogP contribution in [-0.2, 0) is 0 Å². The van der Waals surface area contributed by atoms with E-state index in [4.69, 9.17) is 4.74 Å². The van der Waals surface area contributed by atoms with Gasteiger partial charge in [-0.3, -0.25) is 4.79 Å². The van der Waals surface area contributed by atoms with Crippen LogP contribution in [0.3, 0.4) is 0 Å². The second-order valence-electron chi connectivity index (χ2n) is 4.92. The SMILES string of the molecule is CCCOc1ccc(F)cc1-c1nc2ccccc2c(=O)[nH]1. The molecule has 0 aliphatic rings. The van der Waals surface area contributed by atoms with E-state index in [0.29, 0.717) is 34.6 Å². The van der Waals surface area contributed by atoms with Crippen LogP contribution < -0.4 is 10.3 Å². The van der Waals surface area contributed by atoms with Crippen molar-refractivity contribution in [3.63, 3.8) is 0 Å². The number of H-pyrrole nitrogens is 1. The highest BCUT2D eigenvalue weighted by Gasteiger charge is 2.12. The van der Waals surface area contributed by atoms with Gasteiger partial charge in [0.15, 0.2) is 0 Å². The van der Waals surface area contributed by atoms with Gasteiger partial charge in [-0.1, -0.05) is 19.1 Å². The summed E-state index contributed by atoms with van der Waals surface area (Å²) in [6.07, 6.45) is 0.832. The van der Waals surface area contributed by atoms with Gasteiger partial charge in [-0.25, -0.2) is 9.37 Å². The molecule has 1 N–H and O–H groups in total. The van der Waals surface area contributed by atoms with Crippen molar-refractivity contribution >= 4 is 10.9 Å². The summed E-state index contributed by atoms with van der Waals surface area (Å²) >= 11 is 0. The molecule has 22 heavy (non-hydrogen) atoms. The minimum atomic E-state index is -0.408. The highest BCUT2D eigenvalue weighted by atomic mass is 19.1. The molecule has 3 aromatic rings. The van der Waals surface area contributed by atoms with Gasteiger partial charge in [0.1, 0.15) is 17.4 Å². The van der Waals surface area contributed by atoms with Crippen LogP contribution in [0.15, 0.2) is 47.3 Å². The lowest BCUT2D eigenvalue weighted by molar-refractivity contribution is 0.318. The van der Waals surface area contributed by atoms with Crippen LogP contribution in [0.2, 0.25) is 0 Å². The molecule has 0 saturated heterocycles. The molecule has 1 aromatic heterocycles. The Morgan fingerprint density at radius 2 is 2.05 bits per heavy atom. The first-order chi connectivity index (χ1) is 10.7. The van der Waals surface area contributed by atoms with Crippen molar-refractivity contribution in [3.8, 4) is 17.1 Å². The minimum absolute atomic E-state index is 0.258. The second kappa shape index (κ2) is 5.97. The van der Waals surface area contributed by atoms with Crippen LogP contribution in [-0.4, -0.2) is 16.6 Å². The third kappa shape index (κ3) is 2.70. The van der Waals surface area contributed by atoms with Crippen molar-refractivity contribution in [2.24, 2.45) is 0 Å². The van der Waals surface area contributed by atoms with Gasteiger partial charge in [0.2, 0.25) is 0 Å². The molecule has 1 heterocycles. The van der Waals surface area contributed by atoms with Crippen LogP contribution in [0, 0.1) is 5.82 Å². The van der Waals surface area contributed by atoms with Gasteiger partial charge in [-0.05, 0) is 36.8 Å². The van der Waals surface area contributed by atoms with E-state index in [9.17, 15) is 9.18 Å². The molecule has 4 nitrogen and oxygen atoms in total. The number of nitrogens with zero attached hydrogens (tertiary/aromatic N) is 1. The van der Waals surface area contributed by atoms with Crippen molar-refractivity contribution in [1.29, 1.82) is 0 Å². The maximum absolute atomic E-state index is 13.6. The average Bonchev–Trinajstić information content (AvgIpc) is 2.53. The first-order valence-electron chi connectivity index (χ1n) is 7.11. The van der Waals surface area contributed by atoms with Crippen molar-refractivity contribution in [2.75, 3.05) is 6.61 Å². The quantitative estimate of drug-likeness (QED) is 0.802. The molecule has 0 aliphatic carbocycles. The lowest BCUT2D eigenvalue weighted by atomic mass is 10.1. The summed E-state index contributed by atoms with van der Waals surface area (Å²) in [6.45, 7) is 2.50. The topological polar surface area (TPSA) is 55.0 Å². The van der Waals surface area contributed by atoms with Crippen molar-refractivity contribution in [1.82, 2.24) is 9.97 Å². The average molecular weight is 298 g/mol. The number of nitrogens with one attached hydrogen (secondary N) is 1. The molecular formula is C17H15FN2O2. The molecule has 0 atom stereocenters. The number of hydrogen-bond donors (Lipinski definition) is 1. The Hall–Kier alpha value is -2.69. The summed E-state index contributed by atoms with van der Waals surface area (Å²) < 4.78 is 19.2. The number of hydrogen-bond acceptors (Lipinski definition) is 3. The highest BCUT2D eigenvalue weighted by molar-refractivity contribution is 5.80. The molecule has 3 rings (SSSR count).